The fourth-order valence-corrected chi connectivity index (χ4v) is 2.64. The van der Waals surface area contributed by atoms with Crippen molar-refractivity contribution in [2.45, 2.75) is 4.90 Å². The Morgan fingerprint density at radius 3 is 2.61 bits per heavy atom. The van der Waals surface area contributed by atoms with Crippen LogP contribution in [0.25, 0.3) is 0 Å². The van der Waals surface area contributed by atoms with E-state index in [9.17, 15) is 4.39 Å². The van der Waals surface area contributed by atoms with Crippen LogP contribution in [0.2, 0.25) is 0 Å². The second-order valence-electron chi connectivity index (χ2n) is 3.62. The zero-order valence-electron chi connectivity index (χ0n) is 9.61. The third kappa shape index (κ3) is 4.35. The van der Waals surface area contributed by atoms with Crippen LogP contribution in [-0.2, 0) is 0 Å². The number of hydrogen-bond acceptors (Lipinski definition) is 2. The predicted octanol–water partition coefficient (Wildman–Crippen LogP) is 4.76. The first-order chi connectivity index (χ1) is 8.74. The van der Waals surface area contributed by atoms with Gasteiger partial charge in [0.25, 0.3) is 0 Å². The Balaban J connectivity index is 1.78. The molecular weight excluding hydrogens is 315 g/mol. The SMILES string of the molecule is Fc1cc(Br)cc(OCCSc2ccccc2)c1. The summed E-state index contributed by atoms with van der Waals surface area (Å²) in [4.78, 5) is 1.21. The van der Waals surface area contributed by atoms with Gasteiger partial charge in [0.15, 0.2) is 0 Å². The average Bonchev–Trinajstić information content (AvgIpc) is 2.35. The molecule has 2 aromatic carbocycles. The van der Waals surface area contributed by atoms with Gasteiger partial charge >= 0.3 is 0 Å². The van der Waals surface area contributed by atoms with Crippen LogP contribution in [0.4, 0.5) is 4.39 Å². The molecule has 0 saturated carbocycles. The van der Waals surface area contributed by atoms with E-state index < -0.39 is 0 Å². The largest absolute Gasteiger partial charge is 0.493 e. The zero-order chi connectivity index (χ0) is 12.8. The van der Waals surface area contributed by atoms with Gasteiger partial charge in [-0.05, 0) is 24.3 Å². The summed E-state index contributed by atoms with van der Waals surface area (Å²) in [6.07, 6.45) is 0. The maximum atomic E-state index is 13.1. The van der Waals surface area contributed by atoms with E-state index in [0.29, 0.717) is 16.8 Å². The Bertz CT molecular complexity index is 484. The summed E-state index contributed by atoms with van der Waals surface area (Å²) in [5, 5.41) is 0. The van der Waals surface area contributed by atoms with Crippen LogP contribution < -0.4 is 4.74 Å². The summed E-state index contributed by atoms with van der Waals surface area (Å²) in [6, 6.07) is 14.7. The van der Waals surface area contributed by atoms with Gasteiger partial charge in [0.05, 0.1) is 6.61 Å². The first-order valence-corrected chi connectivity index (χ1v) is 7.28. The maximum Gasteiger partial charge on any atom is 0.128 e. The van der Waals surface area contributed by atoms with Crippen molar-refractivity contribution in [3.8, 4) is 5.75 Å². The Labute approximate surface area is 118 Å². The van der Waals surface area contributed by atoms with E-state index in [4.69, 9.17) is 4.74 Å². The fraction of sp³-hybridized carbons (Fsp3) is 0.143. The summed E-state index contributed by atoms with van der Waals surface area (Å²) in [5.74, 6) is 1.09. The van der Waals surface area contributed by atoms with Gasteiger partial charge in [0.2, 0.25) is 0 Å². The fourth-order valence-electron chi connectivity index (χ4n) is 1.45. The monoisotopic (exact) mass is 326 g/mol. The zero-order valence-corrected chi connectivity index (χ0v) is 12.0. The molecule has 2 aromatic rings. The second kappa shape index (κ2) is 6.81. The van der Waals surface area contributed by atoms with Gasteiger partial charge in [-0.25, -0.2) is 4.39 Å². The van der Waals surface area contributed by atoms with Crippen LogP contribution in [0.15, 0.2) is 57.9 Å². The van der Waals surface area contributed by atoms with Gasteiger partial charge in [-0.15, -0.1) is 11.8 Å². The molecule has 0 aliphatic carbocycles. The van der Waals surface area contributed by atoms with E-state index in [0.717, 1.165) is 5.75 Å². The quantitative estimate of drug-likeness (QED) is 0.578. The molecule has 1 nitrogen and oxygen atoms in total. The number of hydrogen-bond donors (Lipinski definition) is 0. The van der Waals surface area contributed by atoms with Gasteiger partial charge in [-0.2, -0.15) is 0 Å². The van der Waals surface area contributed by atoms with Crippen molar-refractivity contribution in [2.24, 2.45) is 0 Å². The molecule has 0 aliphatic rings. The highest BCUT2D eigenvalue weighted by molar-refractivity contribution is 9.10. The Kier molecular flexibility index (Phi) is 5.08. The van der Waals surface area contributed by atoms with Crippen LogP contribution >= 0.6 is 27.7 Å². The molecule has 2 rings (SSSR count). The van der Waals surface area contributed by atoms with Crippen LogP contribution in [0, 0.1) is 5.82 Å². The van der Waals surface area contributed by atoms with Gasteiger partial charge in [0.1, 0.15) is 11.6 Å². The van der Waals surface area contributed by atoms with Gasteiger partial charge < -0.3 is 4.74 Å². The molecule has 0 spiro atoms. The lowest BCUT2D eigenvalue weighted by Gasteiger charge is -2.06. The molecular formula is C14H12BrFOS. The van der Waals surface area contributed by atoms with Crippen molar-refractivity contribution in [1.82, 2.24) is 0 Å². The molecule has 0 bridgehead atoms. The molecule has 0 atom stereocenters. The van der Waals surface area contributed by atoms with Gasteiger partial charge in [-0.3, -0.25) is 0 Å². The normalized spacial score (nSPS) is 10.3. The van der Waals surface area contributed by atoms with E-state index in [2.05, 4.69) is 28.1 Å². The summed E-state index contributed by atoms with van der Waals surface area (Å²) < 4.78 is 19.3. The van der Waals surface area contributed by atoms with Crippen molar-refractivity contribution in [3.63, 3.8) is 0 Å². The van der Waals surface area contributed by atoms with Crippen LogP contribution in [-0.4, -0.2) is 12.4 Å². The number of halogens is 2. The van der Waals surface area contributed by atoms with Gasteiger partial charge in [0, 0.05) is 21.2 Å². The second-order valence-corrected chi connectivity index (χ2v) is 5.70. The number of benzene rings is 2. The minimum Gasteiger partial charge on any atom is -0.493 e. The number of ether oxygens (including phenoxy) is 1. The van der Waals surface area contributed by atoms with Crippen LogP contribution in [0.5, 0.6) is 5.75 Å². The van der Waals surface area contributed by atoms with Crippen molar-refractivity contribution < 1.29 is 9.13 Å². The lowest BCUT2D eigenvalue weighted by molar-refractivity contribution is 0.341. The van der Waals surface area contributed by atoms with Crippen LogP contribution in [0.1, 0.15) is 0 Å². The minimum atomic E-state index is -0.296. The Morgan fingerprint density at radius 2 is 1.89 bits per heavy atom. The molecule has 0 aliphatic heterocycles. The van der Waals surface area contributed by atoms with E-state index in [1.807, 2.05) is 18.2 Å². The lowest BCUT2D eigenvalue weighted by Crippen LogP contribution is -2.00. The van der Waals surface area contributed by atoms with E-state index in [-0.39, 0.29) is 5.82 Å². The molecule has 18 heavy (non-hydrogen) atoms. The molecule has 4 heteroatoms. The lowest BCUT2D eigenvalue weighted by atomic mass is 10.3. The molecule has 0 unspecified atom stereocenters. The topological polar surface area (TPSA) is 9.23 Å². The smallest absolute Gasteiger partial charge is 0.128 e. The number of thioether (sulfide) groups is 1. The molecule has 0 saturated heterocycles. The molecule has 0 radical (unpaired) electrons. The molecule has 0 amide bonds. The first-order valence-electron chi connectivity index (χ1n) is 5.51. The third-order valence-corrected chi connectivity index (χ3v) is 3.63. The Morgan fingerprint density at radius 1 is 1.11 bits per heavy atom. The summed E-state index contributed by atoms with van der Waals surface area (Å²) in [7, 11) is 0. The highest BCUT2D eigenvalue weighted by Crippen LogP contribution is 2.21. The summed E-state index contributed by atoms with van der Waals surface area (Å²) in [6.45, 7) is 0.551. The predicted molar refractivity (Wildman–Crippen MR) is 76.8 cm³/mol. The van der Waals surface area contributed by atoms with E-state index in [1.54, 1.807) is 17.8 Å². The Hall–Kier alpha value is -1.00. The molecule has 0 aromatic heterocycles. The highest BCUT2D eigenvalue weighted by atomic mass is 79.9. The summed E-state index contributed by atoms with van der Waals surface area (Å²) >= 11 is 4.95. The first kappa shape index (κ1) is 13.4. The average molecular weight is 327 g/mol. The maximum absolute atomic E-state index is 13.1. The van der Waals surface area contributed by atoms with Gasteiger partial charge in [-0.1, -0.05) is 34.1 Å². The molecule has 94 valence electrons. The van der Waals surface area contributed by atoms with Crippen molar-refractivity contribution >= 4 is 27.7 Å². The highest BCUT2D eigenvalue weighted by Gasteiger charge is 2.00. The minimum absolute atomic E-state index is 0.296. The van der Waals surface area contributed by atoms with Crippen molar-refractivity contribution in [2.75, 3.05) is 12.4 Å². The van der Waals surface area contributed by atoms with Crippen molar-refractivity contribution in [1.29, 1.82) is 0 Å². The molecule has 0 heterocycles. The van der Waals surface area contributed by atoms with Crippen LogP contribution in [0.3, 0.4) is 0 Å². The van der Waals surface area contributed by atoms with Crippen molar-refractivity contribution in [3.05, 3.63) is 58.8 Å². The number of rotatable bonds is 5. The standard InChI is InChI=1S/C14H12BrFOS/c15-11-8-12(16)10-13(9-11)17-6-7-18-14-4-2-1-3-5-14/h1-5,8-10H,6-7H2. The summed E-state index contributed by atoms with van der Waals surface area (Å²) in [5.41, 5.74) is 0. The molecule has 0 fully saturated rings. The van der Waals surface area contributed by atoms with E-state index in [1.165, 1.54) is 17.0 Å². The van der Waals surface area contributed by atoms with E-state index >= 15 is 0 Å². The third-order valence-electron chi connectivity index (χ3n) is 2.20. The molecule has 0 N–H and O–H groups in total.